The van der Waals surface area contributed by atoms with E-state index >= 15 is 0 Å². The largest absolute Gasteiger partial charge is 0.305 e. The average Bonchev–Trinajstić information content (AvgIpc) is 3.03. The second-order valence-corrected chi connectivity index (χ2v) is 7.31. The highest BCUT2D eigenvalue weighted by molar-refractivity contribution is 7.16. The Morgan fingerprint density at radius 3 is 2.68 bits per heavy atom. The Hall–Kier alpha value is -3.24. The van der Waals surface area contributed by atoms with Crippen molar-refractivity contribution in [3.8, 4) is 12.3 Å². The third kappa shape index (κ3) is 4.18. The highest BCUT2D eigenvalue weighted by Gasteiger charge is 2.11. The number of nitro groups is 1. The van der Waals surface area contributed by atoms with Crippen LogP contribution in [0.2, 0.25) is 0 Å². The molecule has 1 heterocycles. The highest BCUT2D eigenvalue weighted by atomic mass is 32.1. The summed E-state index contributed by atoms with van der Waals surface area (Å²) in [6.45, 7) is 2.46. The van der Waals surface area contributed by atoms with E-state index in [0.29, 0.717) is 16.9 Å². The number of carbonyl (C=O) groups is 1. The maximum absolute atomic E-state index is 12.5. The van der Waals surface area contributed by atoms with E-state index in [2.05, 4.69) is 30.0 Å². The molecule has 7 heteroatoms. The number of benzene rings is 2. The van der Waals surface area contributed by atoms with Crippen LogP contribution >= 0.6 is 11.3 Å². The zero-order chi connectivity index (χ0) is 20.1. The smallest absolute Gasteiger partial charge is 0.279 e. The SMILES string of the molecule is C#CCn1c(=NC(=O)c2ccc([N+](=O)[O-])cc2)sc2cc(CCCC)ccc21. The fourth-order valence-electron chi connectivity index (χ4n) is 2.86. The van der Waals surface area contributed by atoms with Crippen LogP contribution in [0.5, 0.6) is 0 Å². The summed E-state index contributed by atoms with van der Waals surface area (Å²) < 4.78 is 2.87. The lowest BCUT2D eigenvalue weighted by atomic mass is 10.1. The standard InChI is InChI=1S/C21H19N3O3S/c1-3-5-6-15-7-12-18-19(14-15)28-21(23(18)13-4-2)22-20(25)16-8-10-17(11-9-16)24(26)27/h2,7-12,14H,3,5-6,13H2,1H3. The van der Waals surface area contributed by atoms with E-state index in [4.69, 9.17) is 6.42 Å². The molecule has 0 saturated heterocycles. The second kappa shape index (κ2) is 8.63. The third-order valence-corrected chi connectivity index (χ3v) is 5.38. The van der Waals surface area contributed by atoms with Crippen LogP contribution in [0.25, 0.3) is 10.2 Å². The first-order valence-electron chi connectivity index (χ1n) is 8.92. The van der Waals surface area contributed by atoms with Gasteiger partial charge in [-0.15, -0.1) is 6.42 Å². The zero-order valence-electron chi connectivity index (χ0n) is 15.4. The van der Waals surface area contributed by atoms with Crippen LogP contribution in [-0.2, 0) is 13.0 Å². The highest BCUT2D eigenvalue weighted by Crippen LogP contribution is 2.21. The monoisotopic (exact) mass is 393 g/mol. The van der Waals surface area contributed by atoms with Crippen LogP contribution in [0.4, 0.5) is 5.69 Å². The summed E-state index contributed by atoms with van der Waals surface area (Å²) in [6, 6.07) is 11.6. The van der Waals surface area contributed by atoms with Crippen molar-refractivity contribution in [2.75, 3.05) is 0 Å². The van der Waals surface area contributed by atoms with Gasteiger partial charge < -0.3 is 4.57 Å². The number of nitro benzene ring substituents is 1. The lowest BCUT2D eigenvalue weighted by molar-refractivity contribution is -0.384. The molecule has 2 aromatic carbocycles. The molecule has 0 aliphatic heterocycles. The summed E-state index contributed by atoms with van der Waals surface area (Å²) in [4.78, 5) is 27.5. The van der Waals surface area contributed by atoms with Gasteiger partial charge in [-0.2, -0.15) is 4.99 Å². The van der Waals surface area contributed by atoms with Gasteiger partial charge in [0.1, 0.15) is 0 Å². The van der Waals surface area contributed by atoms with Gasteiger partial charge in [0.2, 0.25) is 0 Å². The molecule has 3 aromatic rings. The Balaban J connectivity index is 2.02. The number of terminal acetylenes is 1. The first-order chi connectivity index (χ1) is 13.5. The lowest BCUT2D eigenvalue weighted by Crippen LogP contribution is -2.16. The van der Waals surface area contributed by atoms with E-state index in [1.165, 1.54) is 41.2 Å². The van der Waals surface area contributed by atoms with E-state index in [1.807, 2.05) is 10.6 Å². The number of non-ortho nitro benzene ring substituents is 1. The number of nitrogens with zero attached hydrogens (tertiary/aromatic N) is 3. The van der Waals surface area contributed by atoms with Gasteiger partial charge in [-0.3, -0.25) is 14.9 Å². The maximum atomic E-state index is 12.5. The van der Waals surface area contributed by atoms with Crippen molar-refractivity contribution in [3.63, 3.8) is 0 Å². The van der Waals surface area contributed by atoms with E-state index in [1.54, 1.807) is 0 Å². The van der Waals surface area contributed by atoms with E-state index < -0.39 is 10.8 Å². The number of hydrogen-bond acceptors (Lipinski definition) is 4. The minimum absolute atomic E-state index is 0.0691. The van der Waals surface area contributed by atoms with E-state index in [-0.39, 0.29) is 5.69 Å². The third-order valence-electron chi connectivity index (χ3n) is 4.34. The van der Waals surface area contributed by atoms with Crippen molar-refractivity contribution in [2.24, 2.45) is 4.99 Å². The molecule has 0 saturated carbocycles. The van der Waals surface area contributed by atoms with Crippen LogP contribution in [0.3, 0.4) is 0 Å². The van der Waals surface area contributed by atoms with Gasteiger partial charge in [0, 0.05) is 17.7 Å². The van der Waals surface area contributed by atoms with E-state index in [9.17, 15) is 14.9 Å². The number of aromatic nitrogens is 1. The quantitative estimate of drug-likeness (QED) is 0.355. The summed E-state index contributed by atoms with van der Waals surface area (Å²) in [6.07, 6.45) is 8.76. The number of carbonyl (C=O) groups excluding carboxylic acids is 1. The second-order valence-electron chi connectivity index (χ2n) is 6.30. The molecule has 0 fully saturated rings. The fourth-order valence-corrected chi connectivity index (χ4v) is 3.95. The Morgan fingerprint density at radius 2 is 2.04 bits per heavy atom. The summed E-state index contributed by atoms with van der Waals surface area (Å²) in [5, 5.41) is 10.8. The van der Waals surface area contributed by atoms with Crippen molar-refractivity contribution in [1.82, 2.24) is 4.57 Å². The predicted molar refractivity (Wildman–Crippen MR) is 110 cm³/mol. The van der Waals surface area contributed by atoms with Crippen molar-refractivity contribution in [3.05, 3.63) is 68.5 Å². The first-order valence-corrected chi connectivity index (χ1v) is 9.74. The number of fused-ring (bicyclic) bond motifs is 1. The molecule has 1 amide bonds. The molecule has 0 radical (unpaired) electrons. The number of aryl methyl sites for hydroxylation is 1. The molecule has 0 aliphatic rings. The Morgan fingerprint density at radius 1 is 1.29 bits per heavy atom. The first kappa shape index (κ1) is 19.5. The molecule has 3 rings (SSSR count). The molecule has 28 heavy (non-hydrogen) atoms. The van der Waals surface area contributed by atoms with Crippen molar-refractivity contribution >= 4 is 33.1 Å². The molecule has 0 atom stereocenters. The van der Waals surface area contributed by atoms with Crippen LogP contribution < -0.4 is 4.80 Å². The minimum Gasteiger partial charge on any atom is -0.305 e. The number of hydrogen-bond donors (Lipinski definition) is 0. The molecule has 6 nitrogen and oxygen atoms in total. The van der Waals surface area contributed by atoms with Crippen molar-refractivity contribution in [1.29, 1.82) is 0 Å². The summed E-state index contributed by atoms with van der Waals surface area (Å²) in [5.41, 5.74) is 2.41. The van der Waals surface area contributed by atoms with Crippen molar-refractivity contribution in [2.45, 2.75) is 32.7 Å². The Kier molecular flexibility index (Phi) is 6.02. The molecular weight excluding hydrogens is 374 g/mol. The zero-order valence-corrected chi connectivity index (χ0v) is 16.2. The van der Waals surface area contributed by atoms with Gasteiger partial charge >= 0.3 is 0 Å². The van der Waals surface area contributed by atoms with Crippen LogP contribution in [-0.4, -0.2) is 15.4 Å². The Bertz CT molecular complexity index is 1130. The molecule has 1 aromatic heterocycles. The molecule has 0 spiro atoms. The van der Waals surface area contributed by atoms with Gasteiger partial charge in [0.05, 0.1) is 21.7 Å². The Labute approximate surface area is 166 Å². The molecular formula is C21H19N3O3S. The molecule has 0 unspecified atom stereocenters. The average molecular weight is 393 g/mol. The van der Waals surface area contributed by atoms with Crippen LogP contribution in [0.1, 0.15) is 35.7 Å². The van der Waals surface area contributed by atoms with Gasteiger partial charge in [0.25, 0.3) is 11.6 Å². The van der Waals surface area contributed by atoms with Crippen LogP contribution in [0, 0.1) is 22.5 Å². The lowest BCUT2D eigenvalue weighted by Gasteiger charge is -2.02. The van der Waals surface area contributed by atoms with Gasteiger partial charge in [-0.25, -0.2) is 0 Å². The topological polar surface area (TPSA) is 77.5 Å². The summed E-state index contributed by atoms with van der Waals surface area (Å²) in [5.74, 6) is 2.15. The maximum Gasteiger partial charge on any atom is 0.279 e. The number of unbranched alkanes of at least 4 members (excludes halogenated alkanes) is 1. The number of rotatable bonds is 6. The number of amides is 1. The minimum atomic E-state index is -0.506. The van der Waals surface area contributed by atoms with Gasteiger partial charge in [-0.1, -0.05) is 36.7 Å². The predicted octanol–water partition coefficient (Wildman–Crippen LogP) is 4.33. The normalized spacial score (nSPS) is 11.5. The van der Waals surface area contributed by atoms with E-state index in [0.717, 1.165) is 29.5 Å². The summed E-state index contributed by atoms with van der Waals surface area (Å²) >= 11 is 1.41. The molecule has 0 N–H and O–H groups in total. The molecule has 0 aliphatic carbocycles. The van der Waals surface area contributed by atoms with Gasteiger partial charge in [0.15, 0.2) is 4.80 Å². The molecule has 0 bridgehead atoms. The van der Waals surface area contributed by atoms with Gasteiger partial charge in [-0.05, 0) is 42.7 Å². The number of thiazole rings is 1. The van der Waals surface area contributed by atoms with Crippen molar-refractivity contribution < 1.29 is 9.72 Å². The summed E-state index contributed by atoms with van der Waals surface area (Å²) in [7, 11) is 0. The molecule has 142 valence electrons. The van der Waals surface area contributed by atoms with Crippen LogP contribution in [0.15, 0.2) is 47.5 Å². The fraction of sp³-hybridized carbons (Fsp3) is 0.238.